The standard InChI is InChI=1S/C17H18N4O2/c1-3-23-16(22)15-12(2)20-17-18-11-19-21(17)14(15)10-9-13-7-5-4-6-8-13/h4-11,14H,3H2,1-2H3,(H,18,19,20)/t14-/m1/s1. The Kier molecular flexibility index (Phi) is 4.23. The normalized spacial score (nSPS) is 17.0. The number of esters is 1. The number of hydrogen-bond donors (Lipinski definition) is 1. The predicted octanol–water partition coefficient (Wildman–Crippen LogP) is 2.80. The Bertz CT molecular complexity index is 762. The van der Waals surface area contributed by atoms with E-state index in [1.54, 1.807) is 11.6 Å². The molecule has 6 heteroatoms. The molecule has 0 saturated carbocycles. The fourth-order valence-electron chi connectivity index (χ4n) is 2.55. The van der Waals surface area contributed by atoms with Gasteiger partial charge in [-0.15, -0.1) is 0 Å². The van der Waals surface area contributed by atoms with Crippen molar-refractivity contribution in [1.82, 2.24) is 14.8 Å². The van der Waals surface area contributed by atoms with Gasteiger partial charge in [-0.25, -0.2) is 9.48 Å². The van der Waals surface area contributed by atoms with Crippen molar-refractivity contribution in [1.29, 1.82) is 0 Å². The van der Waals surface area contributed by atoms with Gasteiger partial charge in [0.05, 0.1) is 12.2 Å². The molecule has 1 N–H and O–H groups in total. The Labute approximate surface area is 134 Å². The average molecular weight is 310 g/mol. The van der Waals surface area contributed by atoms with E-state index in [9.17, 15) is 4.79 Å². The maximum Gasteiger partial charge on any atom is 0.338 e. The predicted molar refractivity (Wildman–Crippen MR) is 87.5 cm³/mol. The highest BCUT2D eigenvalue weighted by atomic mass is 16.5. The lowest BCUT2D eigenvalue weighted by atomic mass is 10.0. The summed E-state index contributed by atoms with van der Waals surface area (Å²) in [4.78, 5) is 16.5. The van der Waals surface area contributed by atoms with Gasteiger partial charge in [-0.3, -0.25) is 0 Å². The van der Waals surface area contributed by atoms with Crippen molar-refractivity contribution >= 4 is 18.0 Å². The molecule has 1 atom stereocenters. The van der Waals surface area contributed by atoms with Crippen molar-refractivity contribution in [2.45, 2.75) is 19.9 Å². The lowest BCUT2D eigenvalue weighted by Gasteiger charge is -2.25. The summed E-state index contributed by atoms with van der Waals surface area (Å²) in [5.41, 5.74) is 2.32. The topological polar surface area (TPSA) is 69.0 Å². The molecule has 0 amide bonds. The lowest BCUT2D eigenvalue weighted by molar-refractivity contribution is -0.139. The van der Waals surface area contributed by atoms with Crippen LogP contribution >= 0.6 is 0 Å². The van der Waals surface area contributed by atoms with Gasteiger partial charge in [-0.2, -0.15) is 10.1 Å². The Balaban J connectivity index is 1.99. The molecule has 0 bridgehead atoms. The number of nitrogens with one attached hydrogen (secondary N) is 1. The Morgan fingerprint density at radius 1 is 1.39 bits per heavy atom. The van der Waals surface area contributed by atoms with E-state index in [4.69, 9.17) is 4.74 Å². The Morgan fingerprint density at radius 2 is 2.17 bits per heavy atom. The van der Waals surface area contributed by atoms with E-state index >= 15 is 0 Å². The average Bonchev–Trinajstić information content (AvgIpc) is 3.01. The summed E-state index contributed by atoms with van der Waals surface area (Å²) in [6, 6.07) is 9.55. The summed E-state index contributed by atoms with van der Waals surface area (Å²) < 4.78 is 6.87. The van der Waals surface area contributed by atoms with Crippen LogP contribution in [0.3, 0.4) is 0 Å². The molecule has 2 aromatic rings. The van der Waals surface area contributed by atoms with Crippen LogP contribution in [-0.2, 0) is 9.53 Å². The molecule has 1 aromatic carbocycles. The first kappa shape index (κ1) is 15.0. The number of ether oxygens (including phenoxy) is 1. The monoisotopic (exact) mass is 310 g/mol. The van der Waals surface area contributed by atoms with Crippen LogP contribution < -0.4 is 5.32 Å². The molecule has 0 spiro atoms. The molecule has 1 aliphatic rings. The third kappa shape index (κ3) is 3.01. The van der Waals surface area contributed by atoms with Crippen LogP contribution in [-0.4, -0.2) is 27.3 Å². The SMILES string of the molecule is CCOC(=O)C1=C(C)Nc2ncnn2[C@@H]1C=Cc1ccccc1. The van der Waals surface area contributed by atoms with Gasteiger partial charge in [0, 0.05) is 5.70 Å². The number of hydrogen-bond acceptors (Lipinski definition) is 5. The fourth-order valence-corrected chi connectivity index (χ4v) is 2.55. The molecule has 1 aromatic heterocycles. The number of nitrogens with zero attached hydrogens (tertiary/aromatic N) is 3. The summed E-state index contributed by atoms with van der Waals surface area (Å²) in [6.45, 7) is 3.96. The van der Waals surface area contributed by atoms with Gasteiger partial charge in [0.1, 0.15) is 12.4 Å². The largest absolute Gasteiger partial charge is 0.463 e. The molecule has 23 heavy (non-hydrogen) atoms. The van der Waals surface area contributed by atoms with Crippen molar-refractivity contribution in [3.8, 4) is 0 Å². The lowest BCUT2D eigenvalue weighted by Crippen LogP contribution is -2.27. The quantitative estimate of drug-likeness (QED) is 0.879. The molecule has 6 nitrogen and oxygen atoms in total. The molecule has 0 radical (unpaired) electrons. The molecule has 0 fully saturated rings. The van der Waals surface area contributed by atoms with Crippen LogP contribution in [0.1, 0.15) is 25.5 Å². The second-order valence-corrected chi connectivity index (χ2v) is 5.13. The zero-order valence-corrected chi connectivity index (χ0v) is 13.1. The van der Waals surface area contributed by atoms with Gasteiger partial charge in [0.15, 0.2) is 0 Å². The molecule has 3 rings (SSSR count). The van der Waals surface area contributed by atoms with Crippen LogP contribution in [0, 0.1) is 0 Å². The number of carbonyl (C=O) groups excluding carboxylic acids is 1. The zero-order chi connectivity index (χ0) is 16.2. The van der Waals surface area contributed by atoms with E-state index in [0.29, 0.717) is 18.1 Å². The first-order chi connectivity index (χ1) is 11.2. The maximum absolute atomic E-state index is 12.3. The Morgan fingerprint density at radius 3 is 2.91 bits per heavy atom. The van der Waals surface area contributed by atoms with Crippen molar-refractivity contribution in [3.05, 3.63) is 59.6 Å². The van der Waals surface area contributed by atoms with Crippen molar-refractivity contribution < 1.29 is 9.53 Å². The van der Waals surface area contributed by atoms with Gasteiger partial charge in [-0.05, 0) is 19.4 Å². The van der Waals surface area contributed by atoms with E-state index < -0.39 is 0 Å². The van der Waals surface area contributed by atoms with Gasteiger partial charge in [0.25, 0.3) is 0 Å². The molecule has 0 saturated heterocycles. The number of allylic oxidation sites excluding steroid dienone is 2. The summed E-state index contributed by atoms with van der Waals surface area (Å²) in [7, 11) is 0. The number of anilines is 1. The van der Waals surface area contributed by atoms with Gasteiger partial charge in [-0.1, -0.05) is 42.5 Å². The van der Waals surface area contributed by atoms with Gasteiger partial charge in [0.2, 0.25) is 5.95 Å². The second kappa shape index (κ2) is 6.48. The molecular weight excluding hydrogens is 292 g/mol. The second-order valence-electron chi connectivity index (χ2n) is 5.13. The molecule has 2 heterocycles. The summed E-state index contributed by atoms with van der Waals surface area (Å²) in [5, 5.41) is 7.32. The minimum absolute atomic E-state index is 0.328. The maximum atomic E-state index is 12.3. The summed E-state index contributed by atoms with van der Waals surface area (Å²) >= 11 is 0. The fraction of sp³-hybridized carbons (Fsp3) is 0.235. The van der Waals surface area contributed by atoms with Crippen molar-refractivity contribution in [2.24, 2.45) is 0 Å². The molecular formula is C17H18N4O2. The number of rotatable bonds is 4. The van der Waals surface area contributed by atoms with E-state index in [0.717, 1.165) is 11.3 Å². The highest BCUT2D eigenvalue weighted by molar-refractivity contribution is 5.92. The van der Waals surface area contributed by atoms with Crippen LogP contribution in [0.25, 0.3) is 6.08 Å². The van der Waals surface area contributed by atoms with Gasteiger partial charge >= 0.3 is 5.97 Å². The summed E-state index contributed by atoms with van der Waals surface area (Å²) in [5.74, 6) is 0.264. The number of benzene rings is 1. The van der Waals surface area contributed by atoms with E-state index in [-0.39, 0.29) is 12.0 Å². The summed E-state index contributed by atoms with van der Waals surface area (Å²) in [6.07, 6.45) is 5.37. The third-order valence-electron chi connectivity index (χ3n) is 3.60. The van der Waals surface area contributed by atoms with Crippen LogP contribution in [0.2, 0.25) is 0 Å². The van der Waals surface area contributed by atoms with Crippen LogP contribution in [0.4, 0.5) is 5.95 Å². The van der Waals surface area contributed by atoms with E-state index in [2.05, 4.69) is 15.4 Å². The molecule has 0 unspecified atom stereocenters. The van der Waals surface area contributed by atoms with Crippen molar-refractivity contribution in [3.63, 3.8) is 0 Å². The zero-order valence-electron chi connectivity index (χ0n) is 13.1. The smallest absolute Gasteiger partial charge is 0.338 e. The minimum atomic E-state index is -0.354. The first-order valence-corrected chi connectivity index (χ1v) is 7.48. The van der Waals surface area contributed by atoms with Crippen LogP contribution in [0.15, 0.2) is 54.0 Å². The number of carbonyl (C=O) groups is 1. The Hall–Kier alpha value is -2.89. The highest BCUT2D eigenvalue weighted by Crippen LogP contribution is 2.31. The third-order valence-corrected chi connectivity index (χ3v) is 3.60. The number of aromatic nitrogens is 3. The minimum Gasteiger partial charge on any atom is -0.463 e. The molecule has 118 valence electrons. The van der Waals surface area contributed by atoms with Crippen LogP contribution in [0.5, 0.6) is 0 Å². The van der Waals surface area contributed by atoms with E-state index in [1.165, 1.54) is 6.33 Å². The van der Waals surface area contributed by atoms with Crippen molar-refractivity contribution in [2.75, 3.05) is 11.9 Å². The highest BCUT2D eigenvalue weighted by Gasteiger charge is 2.31. The molecule has 0 aliphatic carbocycles. The number of fused-ring (bicyclic) bond motifs is 1. The first-order valence-electron chi connectivity index (χ1n) is 7.48. The van der Waals surface area contributed by atoms with E-state index in [1.807, 2.05) is 49.4 Å². The van der Waals surface area contributed by atoms with Gasteiger partial charge < -0.3 is 10.1 Å². The molecule has 1 aliphatic heterocycles.